The van der Waals surface area contributed by atoms with Crippen LogP contribution in [0.4, 0.5) is 16.4 Å². The lowest BCUT2D eigenvalue weighted by atomic mass is 10.1. The van der Waals surface area contributed by atoms with Crippen LogP contribution in [0.25, 0.3) is 0 Å². The molecule has 8 heteroatoms. The molecule has 2 amide bonds. The molecule has 2 aromatic rings. The van der Waals surface area contributed by atoms with E-state index in [9.17, 15) is 4.79 Å². The molecule has 0 spiro atoms. The van der Waals surface area contributed by atoms with Crippen LogP contribution in [-0.4, -0.2) is 60.4 Å². The van der Waals surface area contributed by atoms with E-state index in [1.807, 2.05) is 37.4 Å². The summed E-state index contributed by atoms with van der Waals surface area (Å²) in [6, 6.07) is 7.28. The topological polar surface area (TPSA) is 79.8 Å². The summed E-state index contributed by atoms with van der Waals surface area (Å²) in [5.41, 5.74) is 2.78. The number of nitrogens with zero attached hydrogens (tertiary/aromatic N) is 4. The fraction of sp³-hybridized carbons (Fsp3) is 0.450. The Morgan fingerprint density at radius 3 is 2.75 bits per heavy atom. The highest BCUT2D eigenvalue weighted by Gasteiger charge is 2.24. The van der Waals surface area contributed by atoms with Gasteiger partial charge in [0.25, 0.3) is 0 Å². The first-order valence-corrected chi connectivity index (χ1v) is 9.69. The smallest absolute Gasteiger partial charge is 0.322 e. The Hall–Kier alpha value is -2.87. The van der Waals surface area contributed by atoms with Crippen LogP contribution in [0.1, 0.15) is 18.2 Å². The number of ether oxygens (including phenoxy) is 2. The van der Waals surface area contributed by atoms with Crippen molar-refractivity contribution in [2.45, 2.75) is 19.9 Å². The van der Waals surface area contributed by atoms with E-state index in [1.165, 1.54) is 0 Å². The van der Waals surface area contributed by atoms with Gasteiger partial charge in [-0.2, -0.15) is 0 Å². The van der Waals surface area contributed by atoms with E-state index in [4.69, 9.17) is 14.5 Å². The number of rotatable bonds is 4. The van der Waals surface area contributed by atoms with Gasteiger partial charge in [0, 0.05) is 31.5 Å². The third kappa shape index (κ3) is 4.17. The molecule has 0 unspecified atom stereocenters. The standard InChI is InChI=1S/C20H25N5O3/c1-2-28-17-5-3-16(4-6-17)22-20(26)25-8-7-15-13-21-19(23-18(15)14-25)24-9-11-27-12-10-24/h3-6,13H,2,7-12,14H2,1H3,(H,22,26). The monoisotopic (exact) mass is 383 g/mol. The normalized spacial score (nSPS) is 16.5. The van der Waals surface area contributed by atoms with Crippen molar-refractivity contribution in [3.8, 4) is 5.75 Å². The van der Waals surface area contributed by atoms with Gasteiger partial charge in [0.15, 0.2) is 0 Å². The van der Waals surface area contributed by atoms with Gasteiger partial charge in [0.2, 0.25) is 5.95 Å². The lowest BCUT2D eigenvalue weighted by Gasteiger charge is -2.30. The quantitative estimate of drug-likeness (QED) is 0.873. The van der Waals surface area contributed by atoms with Gasteiger partial charge in [0.1, 0.15) is 5.75 Å². The van der Waals surface area contributed by atoms with E-state index >= 15 is 0 Å². The number of hydrogen-bond acceptors (Lipinski definition) is 6. The Labute approximate surface area is 164 Å². The van der Waals surface area contributed by atoms with Crippen LogP contribution < -0.4 is 15.0 Å². The van der Waals surface area contributed by atoms with Crippen LogP contribution in [0.2, 0.25) is 0 Å². The van der Waals surface area contributed by atoms with Gasteiger partial charge in [-0.1, -0.05) is 0 Å². The highest BCUT2D eigenvalue weighted by Crippen LogP contribution is 2.21. The summed E-state index contributed by atoms with van der Waals surface area (Å²) in [5, 5.41) is 2.95. The minimum atomic E-state index is -0.124. The zero-order valence-electron chi connectivity index (χ0n) is 16.1. The molecule has 1 fully saturated rings. The molecule has 1 N–H and O–H groups in total. The molecule has 0 radical (unpaired) electrons. The summed E-state index contributed by atoms with van der Waals surface area (Å²) in [5.74, 6) is 1.51. The number of nitrogens with one attached hydrogen (secondary N) is 1. The highest BCUT2D eigenvalue weighted by atomic mass is 16.5. The summed E-state index contributed by atoms with van der Waals surface area (Å²) in [6.07, 6.45) is 2.66. The number of fused-ring (bicyclic) bond motifs is 1. The number of amides is 2. The molecule has 2 aliphatic rings. The van der Waals surface area contributed by atoms with Gasteiger partial charge in [0.05, 0.1) is 32.1 Å². The summed E-state index contributed by atoms with van der Waals surface area (Å²) < 4.78 is 10.8. The van der Waals surface area contributed by atoms with Crippen molar-refractivity contribution in [1.29, 1.82) is 0 Å². The number of morpholine rings is 1. The SMILES string of the molecule is CCOc1ccc(NC(=O)N2CCc3cnc(N4CCOCC4)nc3C2)cc1. The Balaban J connectivity index is 1.41. The van der Waals surface area contributed by atoms with Crippen molar-refractivity contribution >= 4 is 17.7 Å². The van der Waals surface area contributed by atoms with Crippen molar-refractivity contribution in [3.05, 3.63) is 41.7 Å². The van der Waals surface area contributed by atoms with E-state index in [0.717, 1.165) is 48.2 Å². The Morgan fingerprint density at radius 1 is 1.21 bits per heavy atom. The molecule has 0 atom stereocenters. The molecular weight excluding hydrogens is 358 g/mol. The molecule has 28 heavy (non-hydrogen) atoms. The zero-order chi connectivity index (χ0) is 19.3. The molecule has 0 bridgehead atoms. The predicted octanol–water partition coefficient (Wildman–Crippen LogP) is 2.30. The van der Waals surface area contributed by atoms with E-state index in [2.05, 4.69) is 15.2 Å². The molecule has 2 aliphatic heterocycles. The zero-order valence-corrected chi connectivity index (χ0v) is 16.1. The molecule has 1 aromatic carbocycles. The maximum absolute atomic E-state index is 12.7. The fourth-order valence-corrected chi connectivity index (χ4v) is 3.39. The second-order valence-corrected chi connectivity index (χ2v) is 6.80. The third-order valence-electron chi connectivity index (χ3n) is 4.93. The highest BCUT2D eigenvalue weighted by molar-refractivity contribution is 5.89. The Kier molecular flexibility index (Phi) is 5.57. The lowest BCUT2D eigenvalue weighted by molar-refractivity contribution is 0.122. The van der Waals surface area contributed by atoms with Crippen molar-refractivity contribution in [3.63, 3.8) is 0 Å². The molecule has 0 aliphatic carbocycles. The number of anilines is 2. The van der Waals surface area contributed by atoms with Crippen LogP contribution in [-0.2, 0) is 17.7 Å². The molecule has 1 saturated heterocycles. The van der Waals surface area contributed by atoms with Crippen LogP contribution in [0, 0.1) is 0 Å². The summed E-state index contributed by atoms with van der Waals surface area (Å²) in [4.78, 5) is 25.8. The number of hydrogen-bond donors (Lipinski definition) is 1. The maximum Gasteiger partial charge on any atom is 0.322 e. The number of carbonyl (C=O) groups is 1. The van der Waals surface area contributed by atoms with Crippen LogP contribution in [0.15, 0.2) is 30.5 Å². The molecule has 0 saturated carbocycles. The van der Waals surface area contributed by atoms with Crippen LogP contribution >= 0.6 is 0 Å². The number of carbonyl (C=O) groups excluding carboxylic acids is 1. The second-order valence-electron chi connectivity index (χ2n) is 6.80. The first kappa shape index (κ1) is 18.5. The number of urea groups is 1. The average molecular weight is 383 g/mol. The van der Waals surface area contributed by atoms with Crippen molar-refractivity contribution in [2.24, 2.45) is 0 Å². The minimum Gasteiger partial charge on any atom is -0.494 e. The third-order valence-corrected chi connectivity index (χ3v) is 4.93. The van der Waals surface area contributed by atoms with Crippen LogP contribution in [0.5, 0.6) is 5.75 Å². The second kappa shape index (κ2) is 8.43. The van der Waals surface area contributed by atoms with Gasteiger partial charge in [-0.3, -0.25) is 0 Å². The number of aromatic nitrogens is 2. The van der Waals surface area contributed by atoms with Gasteiger partial charge in [-0.25, -0.2) is 14.8 Å². The van der Waals surface area contributed by atoms with E-state index < -0.39 is 0 Å². The van der Waals surface area contributed by atoms with E-state index in [0.29, 0.717) is 32.9 Å². The molecule has 1 aromatic heterocycles. The van der Waals surface area contributed by atoms with Crippen molar-refractivity contribution in [2.75, 3.05) is 49.7 Å². The first-order valence-electron chi connectivity index (χ1n) is 9.69. The lowest BCUT2D eigenvalue weighted by Crippen LogP contribution is -2.40. The summed E-state index contributed by atoms with van der Waals surface area (Å²) >= 11 is 0. The largest absolute Gasteiger partial charge is 0.494 e. The molecule has 8 nitrogen and oxygen atoms in total. The summed E-state index contributed by atoms with van der Waals surface area (Å²) in [7, 11) is 0. The maximum atomic E-state index is 12.7. The molecular formula is C20H25N5O3. The average Bonchev–Trinajstić information content (AvgIpc) is 2.75. The van der Waals surface area contributed by atoms with E-state index in [1.54, 1.807) is 4.90 Å². The first-order chi connectivity index (χ1) is 13.7. The Bertz CT molecular complexity index is 821. The molecule has 4 rings (SSSR count). The van der Waals surface area contributed by atoms with Gasteiger partial charge < -0.3 is 24.6 Å². The minimum absolute atomic E-state index is 0.124. The van der Waals surface area contributed by atoms with Crippen molar-refractivity contribution in [1.82, 2.24) is 14.9 Å². The van der Waals surface area contributed by atoms with Gasteiger partial charge in [-0.15, -0.1) is 0 Å². The van der Waals surface area contributed by atoms with E-state index in [-0.39, 0.29) is 6.03 Å². The summed E-state index contributed by atoms with van der Waals surface area (Å²) in [6.45, 7) is 6.66. The van der Waals surface area contributed by atoms with Gasteiger partial charge >= 0.3 is 6.03 Å². The molecule has 148 valence electrons. The number of benzene rings is 1. The van der Waals surface area contributed by atoms with Crippen LogP contribution in [0.3, 0.4) is 0 Å². The van der Waals surface area contributed by atoms with Gasteiger partial charge in [-0.05, 0) is 43.2 Å². The predicted molar refractivity (Wildman–Crippen MR) is 106 cm³/mol. The fourth-order valence-electron chi connectivity index (χ4n) is 3.39. The van der Waals surface area contributed by atoms with Crippen molar-refractivity contribution < 1.29 is 14.3 Å². The Morgan fingerprint density at radius 2 is 2.00 bits per heavy atom. The molecule has 3 heterocycles.